The zero-order valence-corrected chi connectivity index (χ0v) is 13.2. The monoisotopic (exact) mass is 308 g/mol. The topological polar surface area (TPSA) is 61.2 Å². The van der Waals surface area contributed by atoms with Gasteiger partial charge in [-0.2, -0.15) is 5.26 Å². The van der Waals surface area contributed by atoms with E-state index in [1.165, 1.54) is 6.42 Å². The molecule has 2 bridgehead atoms. The lowest BCUT2D eigenvalue weighted by atomic mass is 10.0. The van der Waals surface area contributed by atoms with Gasteiger partial charge in [0.05, 0.1) is 18.2 Å². The number of nitriles is 1. The molecule has 2 fully saturated rings. The molecular formula is C18H20N4O. The predicted octanol–water partition coefficient (Wildman–Crippen LogP) is 1.70. The lowest BCUT2D eigenvalue weighted by molar-refractivity contribution is 0.229. The molecule has 2 aliphatic heterocycles. The SMILES string of the molecule is COc1ccc2ncc(C#N)c(CCN3CC4CC3CN4)c2c1. The predicted molar refractivity (Wildman–Crippen MR) is 88.5 cm³/mol. The third kappa shape index (κ3) is 2.54. The first kappa shape index (κ1) is 14.4. The number of hydrogen-bond acceptors (Lipinski definition) is 5. The van der Waals surface area contributed by atoms with E-state index in [0.717, 1.165) is 48.3 Å². The Morgan fingerprint density at radius 1 is 1.48 bits per heavy atom. The molecule has 118 valence electrons. The van der Waals surface area contributed by atoms with E-state index in [9.17, 15) is 5.26 Å². The van der Waals surface area contributed by atoms with Crippen LogP contribution in [0.5, 0.6) is 5.75 Å². The number of pyridine rings is 1. The fraction of sp³-hybridized carbons (Fsp3) is 0.444. The van der Waals surface area contributed by atoms with Gasteiger partial charge in [-0.05, 0) is 36.6 Å². The number of rotatable bonds is 4. The average molecular weight is 308 g/mol. The Bertz CT molecular complexity index is 782. The van der Waals surface area contributed by atoms with Crippen molar-refractivity contribution in [1.82, 2.24) is 15.2 Å². The van der Waals surface area contributed by atoms with Crippen molar-refractivity contribution in [2.75, 3.05) is 26.7 Å². The van der Waals surface area contributed by atoms with Crippen molar-refractivity contribution in [1.29, 1.82) is 5.26 Å². The highest BCUT2D eigenvalue weighted by atomic mass is 16.5. The van der Waals surface area contributed by atoms with Crippen LogP contribution in [0.4, 0.5) is 0 Å². The van der Waals surface area contributed by atoms with Crippen molar-refractivity contribution in [3.63, 3.8) is 0 Å². The van der Waals surface area contributed by atoms with Crippen LogP contribution in [-0.2, 0) is 6.42 Å². The first-order valence-electron chi connectivity index (χ1n) is 8.11. The van der Waals surface area contributed by atoms with Crippen LogP contribution >= 0.6 is 0 Å². The normalized spacial score (nSPS) is 23.3. The van der Waals surface area contributed by atoms with Gasteiger partial charge in [-0.1, -0.05) is 0 Å². The first-order valence-corrected chi connectivity index (χ1v) is 8.11. The third-order valence-corrected chi connectivity index (χ3v) is 5.13. The second-order valence-electron chi connectivity index (χ2n) is 6.38. The molecular weight excluding hydrogens is 288 g/mol. The number of methoxy groups -OCH3 is 1. The van der Waals surface area contributed by atoms with Gasteiger partial charge in [-0.25, -0.2) is 0 Å². The molecule has 0 amide bonds. The van der Waals surface area contributed by atoms with E-state index in [0.29, 0.717) is 17.6 Å². The molecule has 1 aromatic carbocycles. The summed E-state index contributed by atoms with van der Waals surface area (Å²) in [5.74, 6) is 0.806. The number of nitrogens with zero attached hydrogens (tertiary/aromatic N) is 3. The third-order valence-electron chi connectivity index (χ3n) is 5.13. The molecule has 2 atom stereocenters. The molecule has 2 aliphatic rings. The maximum absolute atomic E-state index is 9.46. The summed E-state index contributed by atoms with van der Waals surface area (Å²) >= 11 is 0. The van der Waals surface area contributed by atoms with Crippen molar-refractivity contribution < 1.29 is 4.74 Å². The molecule has 1 N–H and O–H groups in total. The number of aromatic nitrogens is 1. The van der Waals surface area contributed by atoms with Crippen LogP contribution in [0.2, 0.25) is 0 Å². The maximum atomic E-state index is 9.46. The summed E-state index contributed by atoms with van der Waals surface area (Å²) in [7, 11) is 1.66. The van der Waals surface area contributed by atoms with Gasteiger partial charge in [0.2, 0.25) is 0 Å². The van der Waals surface area contributed by atoms with Gasteiger partial charge in [0, 0.05) is 43.3 Å². The molecule has 5 nitrogen and oxygen atoms in total. The van der Waals surface area contributed by atoms with Crippen LogP contribution < -0.4 is 10.1 Å². The number of fused-ring (bicyclic) bond motifs is 3. The molecule has 4 rings (SSSR count). The molecule has 5 heteroatoms. The minimum Gasteiger partial charge on any atom is -0.497 e. The van der Waals surface area contributed by atoms with Gasteiger partial charge in [0.25, 0.3) is 0 Å². The fourth-order valence-corrected chi connectivity index (χ4v) is 3.90. The molecule has 0 radical (unpaired) electrons. The summed E-state index contributed by atoms with van der Waals surface area (Å²) in [6.45, 7) is 3.22. The quantitative estimate of drug-likeness (QED) is 0.931. The van der Waals surface area contributed by atoms with E-state index >= 15 is 0 Å². The molecule has 2 saturated heterocycles. The first-order chi connectivity index (χ1) is 11.3. The van der Waals surface area contributed by atoms with E-state index in [1.54, 1.807) is 13.3 Å². The minimum absolute atomic E-state index is 0.657. The molecule has 0 spiro atoms. The van der Waals surface area contributed by atoms with Crippen molar-refractivity contribution in [2.45, 2.75) is 24.9 Å². The van der Waals surface area contributed by atoms with Crippen molar-refractivity contribution >= 4 is 10.9 Å². The summed E-state index contributed by atoms with van der Waals surface area (Å²) in [6, 6.07) is 9.49. The molecule has 0 saturated carbocycles. The van der Waals surface area contributed by atoms with Crippen LogP contribution in [0.1, 0.15) is 17.5 Å². The second kappa shape index (κ2) is 5.80. The van der Waals surface area contributed by atoms with Crippen molar-refractivity contribution in [3.8, 4) is 11.8 Å². The van der Waals surface area contributed by atoms with Crippen LogP contribution in [0.3, 0.4) is 0 Å². The summed E-state index contributed by atoms with van der Waals surface area (Å²) in [6.07, 6.45) is 3.83. The summed E-state index contributed by atoms with van der Waals surface area (Å²) in [4.78, 5) is 6.95. The van der Waals surface area contributed by atoms with Crippen molar-refractivity contribution in [2.24, 2.45) is 0 Å². The van der Waals surface area contributed by atoms with E-state index in [-0.39, 0.29) is 0 Å². The molecule has 3 heterocycles. The minimum atomic E-state index is 0.657. The summed E-state index contributed by atoms with van der Waals surface area (Å²) in [5.41, 5.74) is 2.68. The average Bonchev–Trinajstić information content (AvgIpc) is 3.22. The maximum Gasteiger partial charge on any atom is 0.119 e. The zero-order valence-electron chi connectivity index (χ0n) is 13.2. The summed E-state index contributed by atoms with van der Waals surface area (Å²) in [5, 5.41) is 14.0. The van der Waals surface area contributed by atoms with Gasteiger partial charge < -0.3 is 10.1 Å². The van der Waals surface area contributed by atoms with Gasteiger partial charge in [0.15, 0.2) is 0 Å². The van der Waals surface area contributed by atoms with Gasteiger partial charge in [-0.3, -0.25) is 9.88 Å². The molecule has 0 aliphatic carbocycles. The van der Waals surface area contributed by atoms with E-state index < -0.39 is 0 Å². The number of piperazine rings is 1. The molecule has 1 aromatic heterocycles. The molecule has 2 unspecified atom stereocenters. The number of hydrogen-bond donors (Lipinski definition) is 1. The second-order valence-corrected chi connectivity index (χ2v) is 6.38. The van der Waals surface area contributed by atoms with E-state index in [4.69, 9.17) is 4.74 Å². The number of ether oxygens (including phenoxy) is 1. The Labute approximate surface area is 135 Å². The smallest absolute Gasteiger partial charge is 0.119 e. The van der Waals surface area contributed by atoms with Gasteiger partial charge in [0.1, 0.15) is 11.8 Å². The van der Waals surface area contributed by atoms with Gasteiger partial charge in [-0.15, -0.1) is 0 Å². The standard InChI is InChI=1S/C18H20N4O/c1-23-15-2-3-18-17(7-15)16(12(8-19)9-21-18)4-5-22-11-13-6-14(22)10-20-13/h2-3,7,9,13-14,20H,4-6,10-11H2,1H3. The number of likely N-dealkylation sites (tertiary alicyclic amines) is 1. The fourth-order valence-electron chi connectivity index (χ4n) is 3.90. The Morgan fingerprint density at radius 2 is 2.39 bits per heavy atom. The van der Waals surface area contributed by atoms with E-state index in [1.807, 2.05) is 18.2 Å². The number of nitrogens with one attached hydrogen (secondary N) is 1. The van der Waals surface area contributed by atoms with Crippen LogP contribution in [0.15, 0.2) is 24.4 Å². The Hall–Kier alpha value is -2.16. The zero-order chi connectivity index (χ0) is 15.8. The highest BCUT2D eigenvalue weighted by molar-refractivity contribution is 5.85. The van der Waals surface area contributed by atoms with Crippen LogP contribution in [0.25, 0.3) is 10.9 Å². The lowest BCUT2D eigenvalue weighted by Crippen LogP contribution is -2.44. The molecule has 2 aromatic rings. The highest BCUT2D eigenvalue weighted by Gasteiger charge is 2.37. The highest BCUT2D eigenvalue weighted by Crippen LogP contribution is 2.27. The largest absolute Gasteiger partial charge is 0.497 e. The van der Waals surface area contributed by atoms with Crippen molar-refractivity contribution in [3.05, 3.63) is 35.5 Å². The number of benzene rings is 1. The van der Waals surface area contributed by atoms with E-state index in [2.05, 4.69) is 21.3 Å². The van der Waals surface area contributed by atoms with Gasteiger partial charge >= 0.3 is 0 Å². The Balaban J connectivity index is 1.65. The van der Waals surface area contributed by atoms with Crippen LogP contribution in [0, 0.1) is 11.3 Å². The lowest BCUT2D eigenvalue weighted by Gasteiger charge is -2.27. The Kier molecular flexibility index (Phi) is 3.64. The molecule has 23 heavy (non-hydrogen) atoms. The summed E-state index contributed by atoms with van der Waals surface area (Å²) < 4.78 is 5.34. The Morgan fingerprint density at radius 3 is 3.09 bits per heavy atom. The van der Waals surface area contributed by atoms with Crippen LogP contribution in [-0.4, -0.2) is 48.7 Å².